The van der Waals surface area contributed by atoms with E-state index >= 15 is 0 Å². The van der Waals surface area contributed by atoms with Gasteiger partial charge in [0.2, 0.25) is 0 Å². The molecule has 3 rings (SSSR count). The number of alkyl halides is 3. The zero-order valence-electron chi connectivity index (χ0n) is 13.1. The van der Waals surface area contributed by atoms with E-state index in [1.54, 1.807) is 30.1 Å². The van der Waals surface area contributed by atoms with Crippen LogP contribution in [-0.2, 0) is 0 Å². The summed E-state index contributed by atoms with van der Waals surface area (Å²) in [6.07, 6.45) is 0.723. The van der Waals surface area contributed by atoms with E-state index in [0.29, 0.717) is 11.4 Å². The molecule has 0 spiro atoms. The molecule has 0 amide bonds. The topological polar surface area (TPSA) is 12.5 Å². The summed E-state index contributed by atoms with van der Waals surface area (Å²) in [5.41, 5.74) is 1.77. The molecular formula is C18H18F3NO. The lowest BCUT2D eigenvalue weighted by Gasteiger charge is -2.33. The fourth-order valence-corrected chi connectivity index (χ4v) is 2.75. The summed E-state index contributed by atoms with van der Waals surface area (Å²) in [7, 11) is 1.75. The average Bonchev–Trinajstić information content (AvgIpc) is 2.39. The number of hydrogen-bond acceptors (Lipinski definition) is 2. The van der Waals surface area contributed by atoms with E-state index in [9.17, 15) is 13.2 Å². The first kappa shape index (κ1) is 15.7. The van der Waals surface area contributed by atoms with Crippen LogP contribution in [0.25, 0.3) is 0 Å². The highest BCUT2D eigenvalue weighted by molar-refractivity contribution is 5.48. The van der Waals surface area contributed by atoms with Gasteiger partial charge in [0.1, 0.15) is 11.3 Å². The second-order valence-corrected chi connectivity index (χ2v) is 5.89. The molecule has 0 radical (unpaired) electrons. The Hall–Kier alpha value is -2.17. The highest BCUT2D eigenvalue weighted by Crippen LogP contribution is 2.41. The van der Waals surface area contributed by atoms with Crippen LogP contribution < -0.4 is 4.74 Å². The number of nitrogens with zero attached hydrogens (tertiary/aromatic N) is 1. The minimum atomic E-state index is -4.45. The smallest absolute Gasteiger partial charge is 0.420 e. The molecule has 0 unspecified atom stereocenters. The van der Waals surface area contributed by atoms with Crippen molar-refractivity contribution in [2.75, 3.05) is 7.05 Å². The second-order valence-electron chi connectivity index (χ2n) is 5.89. The summed E-state index contributed by atoms with van der Waals surface area (Å²) in [6.45, 7) is 1.88. The molecule has 0 aromatic heterocycles. The lowest BCUT2D eigenvalue weighted by molar-refractivity contribution is -0.0909. The third kappa shape index (κ3) is 3.14. The highest BCUT2D eigenvalue weighted by atomic mass is 19.4. The maximum Gasteiger partial charge on any atom is 0.420 e. The third-order valence-corrected chi connectivity index (χ3v) is 4.08. The Morgan fingerprint density at radius 3 is 2.48 bits per heavy atom. The van der Waals surface area contributed by atoms with Crippen molar-refractivity contribution < 1.29 is 17.9 Å². The van der Waals surface area contributed by atoms with Crippen molar-refractivity contribution >= 4 is 0 Å². The number of benzene rings is 1. The molecule has 5 heteroatoms. The standard InChI is InChI=1S/C18H18F3NO/c1-12-5-3-8-14(11-12)23-17-15(18(19,20)21)9-10-22(2)16(17)13-6-4-7-13/h3,5,8-11H,4,6-7H2,1-2H3. The summed E-state index contributed by atoms with van der Waals surface area (Å²) in [4.78, 5) is 1.72. The molecule has 0 saturated heterocycles. The second kappa shape index (κ2) is 5.80. The van der Waals surface area contributed by atoms with Gasteiger partial charge in [0.15, 0.2) is 5.76 Å². The first-order valence-corrected chi connectivity index (χ1v) is 7.55. The average molecular weight is 321 g/mol. The van der Waals surface area contributed by atoms with Gasteiger partial charge >= 0.3 is 6.18 Å². The summed E-state index contributed by atoms with van der Waals surface area (Å²) >= 11 is 0. The molecule has 1 aliphatic heterocycles. The Balaban J connectivity index is 2.10. The summed E-state index contributed by atoms with van der Waals surface area (Å²) in [6, 6.07) is 7.07. The quantitative estimate of drug-likeness (QED) is 0.752. The third-order valence-electron chi connectivity index (χ3n) is 4.08. The largest absolute Gasteiger partial charge is 0.455 e. The normalized spacial score (nSPS) is 18.4. The maximum atomic E-state index is 13.4. The lowest BCUT2D eigenvalue weighted by Crippen LogP contribution is -2.28. The monoisotopic (exact) mass is 321 g/mol. The van der Waals surface area contributed by atoms with Crippen molar-refractivity contribution in [2.45, 2.75) is 32.4 Å². The van der Waals surface area contributed by atoms with Gasteiger partial charge < -0.3 is 9.64 Å². The minimum Gasteiger partial charge on any atom is -0.455 e. The first-order chi connectivity index (χ1) is 10.9. The molecule has 122 valence electrons. The predicted molar refractivity (Wildman–Crippen MR) is 82.7 cm³/mol. The van der Waals surface area contributed by atoms with Gasteiger partial charge in [0.05, 0.1) is 5.70 Å². The molecule has 0 atom stereocenters. The number of allylic oxidation sites excluding steroid dienone is 3. The highest BCUT2D eigenvalue weighted by Gasteiger charge is 2.40. The number of halogens is 3. The number of aryl methyl sites for hydroxylation is 1. The van der Waals surface area contributed by atoms with Crippen LogP contribution in [0.1, 0.15) is 24.8 Å². The van der Waals surface area contributed by atoms with Crippen molar-refractivity contribution in [3.05, 3.63) is 64.7 Å². The van der Waals surface area contributed by atoms with Crippen molar-refractivity contribution in [2.24, 2.45) is 0 Å². The van der Waals surface area contributed by atoms with E-state index < -0.39 is 11.7 Å². The SMILES string of the molecule is Cc1cccc(OC2=C(C(F)(F)F)C=CN(C)C2=C2CCC2)c1. The van der Waals surface area contributed by atoms with E-state index in [2.05, 4.69) is 0 Å². The van der Waals surface area contributed by atoms with E-state index in [0.717, 1.165) is 36.5 Å². The van der Waals surface area contributed by atoms with Crippen LogP contribution in [0.3, 0.4) is 0 Å². The summed E-state index contributed by atoms with van der Waals surface area (Å²) in [5, 5.41) is 0. The Labute approximate surface area is 133 Å². The first-order valence-electron chi connectivity index (χ1n) is 7.55. The molecule has 1 fully saturated rings. The van der Waals surface area contributed by atoms with Crippen LogP contribution in [0, 0.1) is 6.92 Å². The minimum absolute atomic E-state index is 0.0946. The fourth-order valence-electron chi connectivity index (χ4n) is 2.75. The van der Waals surface area contributed by atoms with Gasteiger partial charge in [-0.05, 0) is 55.5 Å². The molecule has 0 bridgehead atoms. The van der Waals surface area contributed by atoms with Crippen molar-refractivity contribution in [1.29, 1.82) is 0 Å². The van der Waals surface area contributed by atoms with Crippen LogP contribution in [0.2, 0.25) is 0 Å². The molecular weight excluding hydrogens is 303 g/mol. The Bertz CT molecular complexity index is 707. The van der Waals surface area contributed by atoms with E-state index in [-0.39, 0.29) is 5.76 Å². The predicted octanol–water partition coefficient (Wildman–Crippen LogP) is 5.09. The van der Waals surface area contributed by atoms with Crippen molar-refractivity contribution in [1.82, 2.24) is 4.90 Å². The lowest BCUT2D eigenvalue weighted by atomic mass is 9.88. The summed E-state index contributed by atoms with van der Waals surface area (Å²) in [5.74, 6) is 0.325. The van der Waals surface area contributed by atoms with Crippen molar-refractivity contribution in [3.8, 4) is 5.75 Å². The van der Waals surface area contributed by atoms with Gasteiger partial charge in [-0.3, -0.25) is 0 Å². The molecule has 2 aliphatic rings. The zero-order chi connectivity index (χ0) is 16.6. The molecule has 1 aromatic carbocycles. The Morgan fingerprint density at radius 1 is 1.17 bits per heavy atom. The van der Waals surface area contributed by atoms with Gasteiger partial charge in [0, 0.05) is 13.2 Å². The molecule has 23 heavy (non-hydrogen) atoms. The number of likely N-dealkylation sites (N-methyl/N-ethyl adjacent to an activating group) is 1. The van der Waals surface area contributed by atoms with Crippen LogP contribution in [0.15, 0.2) is 59.1 Å². The van der Waals surface area contributed by atoms with Gasteiger partial charge in [-0.25, -0.2) is 0 Å². The molecule has 1 aromatic rings. The molecule has 1 saturated carbocycles. The molecule has 1 aliphatic carbocycles. The number of rotatable bonds is 2. The van der Waals surface area contributed by atoms with Crippen LogP contribution in [0.4, 0.5) is 13.2 Å². The van der Waals surface area contributed by atoms with Gasteiger partial charge in [-0.1, -0.05) is 12.1 Å². The van der Waals surface area contributed by atoms with E-state index in [1.165, 1.54) is 6.20 Å². The summed E-state index contributed by atoms with van der Waals surface area (Å²) < 4.78 is 46.0. The van der Waals surface area contributed by atoms with Gasteiger partial charge in [-0.2, -0.15) is 13.2 Å². The Kier molecular flexibility index (Phi) is 3.96. The van der Waals surface area contributed by atoms with Crippen LogP contribution >= 0.6 is 0 Å². The maximum absolute atomic E-state index is 13.4. The van der Waals surface area contributed by atoms with Gasteiger partial charge in [0.25, 0.3) is 0 Å². The molecule has 1 heterocycles. The number of hydrogen-bond donors (Lipinski definition) is 0. The van der Waals surface area contributed by atoms with Crippen LogP contribution in [0.5, 0.6) is 5.75 Å². The zero-order valence-corrected chi connectivity index (χ0v) is 13.1. The van der Waals surface area contributed by atoms with E-state index in [1.807, 2.05) is 13.0 Å². The van der Waals surface area contributed by atoms with E-state index in [4.69, 9.17) is 4.74 Å². The van der Waals surface area contributed by atoms with Crippen LogP contribution in [-0.4, -0.2) is 18.1 Å². The number of ether oxygens (including phenoxy) is 1. The Morgan fingerprint density at radius 2 is 1.91 bits per heavy atom. The molecule has 2 nitrogen and oxygen atoms in total. The fraction of sp³-hybridized carbons (Fsp3) is 0.333. The van der Waals surface area contributed by atoms with Gasteiger partial charge in [-0.15, -0.1) is 0 Å². The van der Waals surface area contributed by atoms with Crippen molar-refractivity contribution in [3.63, 3.8) is 0 Å². The molecule has 0 N–H and O–H groups in total.